The number of nitrogens with one attached hydrogen (secondary N) is 2. The Hall–Kier alpha value is -2.83. The van der Waals surface area contributed by atoms with Crippen molar-refractivity contribution in [2.75, 3.05) is 18.5 Å². The third-order valence-electron chi connectivity index (χ3n) is 4.99. The molecule has 0 bridgehead atoms. The van der Waals surface area contributed by atoms with Crippen LogP contribution in [-0.2, 0) is 19.5 Å². The SMILES string of the molecule is O=c1[nH]c(=O)n(Cc2ccccc2Cl)c2c1CN(CCc1ccccc1)CN2. The molecule has 0 radical (unpaired) electrons. The van der Waals surface area contributed by atoms with Gasteiger partial charge in [-0.05, 0) is 23.6 Å². The topological polar surface area (TPSA) is 70.1 Å². The van der Waals surface area contributed by atoms with E-state index in [0.717, 1.165) is 18.5 Å². The number of halogens is 1. The Morgan fingerprint density at radius 1 is 1.00 bits per heavy atom. The molecular weight excluding hydrogens is 376 g/mol. The maximum absolute atomic E-state index is 12.4. The number of hydrogen-bond donors (Lipinski definition) is 2. The summed E-state index contributed by atoms with van der Waals surface area (Å²) in [5, 5.41) is 3.86. The number of anilines is 1. The second kappa shape index (κ2) is 8.04. The molecule has 2 heterocycles. The van der Waals surface area contributed by atoms with Gasteiger partial charge in [-0.3, -0.25) is 19.2 Å². The fraction of sp³-hybridized carbons (Fsp3) is 0.238. The molecule has 0 fully saturated rings. The van der Waals surface area contributed by atoms with E-state index in [1.54, 1.807) is 10.6 Å². The molecular formula is C21H21ClN4O2. The van der Waals surface area contributed by atoms with Crippen molar-refractivity contribution >= 4 is 17.4 Å². The summed E-state index contributed by atoms with van der Waals surface area (Å²) in [6.45, 7) is 2.19. The molecule has 2 aromatic carbocycles. The predicted molar refractivity (Wildman–Crippen MR) is 111 cm³/mol. The van der Waals surface area contributed by atoms with Crippen LogP contribution in [0, 0.1) is 0 Å². The van der Waals surface area contributed by atoms with Gasteiger partial charge in [0.25, 0.3) is 5.56 Å². The highest BCUT2D eigenvalue weighted by atomic mass is 35.5. The van der Waals surface area contributed by atoms with Crippen LogP contribution in [0.15, 0.2) is 64.2 Å². The van der Waals surface area contributed by atoms with Crippen molar-refractivity contribution in [1.29, 1.82) is 0 Å². The molecule has 6 nitrogen and oxygen atoms in total. The fourth-order valence-corrected chi connectivity index (χ4v) is 3.66. The van der Waals surface area contributed by atoms with E-state index in [-0.39, 0.29) is 5.56 Å². The van der Waals surface area contributed by atoms with Crippen molar-refractivity contribution in [2.45, 2.75) is 19.5 Å². The van der Waals surface area contributed by atoms with Gasteiger partial charge < -0.3 is 5.32 Å². The van der Waals surface area contributed by atoms with Crippen molar-refractivity contribution < 1.29 is 0 Å². The predicted octanol–water partition coefficient (Wildman–Crippen LogP) is 2.67. The second-order valence-electron chi connectivity index (χ2n) is 6.89. The molecule has 28 heavy (non-hydrogen) atoms. The van der Waals surface area contributed by atoms with Crippen LogP contribution in [0.3, 0.4) is 0 Å². The standard InChI is InChI=1S/C21H21ClN4O2/c22-18-9-5-4-8-16(18)12-26-19-17(20(27)24-21(26)28)13-25(14-23-19)11-10-15-6-2-1-3-7-15/h1-9,23H,10-14H2,(H,24,27,28). The number of benzene rings is 2. The quantitative estimate of drug-likeness (QED) is 0.695. The number of H-pyrrole nitrogens is 1. The number of fused-ring (bicyclic) bond motifs is 1. The Balaban J connectivity index is 1.57. The van der Waals surface area contributed by atoms with E-state index in [1.165, 1.54) is 5.56 Å². The lowest BCUT2D eigenvalue weighted by molar-refractivity contribution is 0.274. The maximum Gasteiger partial charge on any atom is 0.330 e. The summed E-state index contributed by atoms with van der Waals surface area (Å²) in [5.74, 6) is 0.574. The third kappa shape index (κ3) is 3.88. The molecule has 0 unspecified atom stereocenters. The summed E-state index contributed by atoms with van der Waals surface area (Å²) in [6, 6.07) is 17.6. The number of aromatic nitrogens is 2. The minimum absolute atomic E-state index is 0.300. The van der Waals surface area contributed by atoms with Gasteiger partial charge in [0.05, 0.1) is 18.8 Å². The summed E-state index contributed by atoms with van der Waals surface area (Å²) >= 11 is 6.25. The summed E-state index contributed by atoms with van der Waals surface area (Å²) < 4.78 is 1.55. The van der Waals surface area contributed by atoms with Gasteiger partial charge in [-0.1, -0.05) is 60.1 Å². The van der Waals surface area contributed by atoms with Crippen LogP contribution < -0.4 is 16.6 Å². The molecule has 1 aliphatic rings. The monoisotopic (exact) mass is 396 g/mol. The highest BCUT2D eigenvalue weighted by Gasteiger charge is 2.23. The van der Waals surface area contributed by atoms with E-state index in [2.05, 4.69) is 27.3 Å². The van der Waals surface area contributed by atoms with Crippen molar-refractivity contribution in [3.63, 3.8) is 0 Å². The maximum atomic E-state index is 12.4. The highest BCUT2D eigenvalue weighted by molar-refractivity contribution is 6.31. The zero-order valence-electron chi connectivity index (χ0n) is 15.3. The summed E-state index contributed by atoms with van der Waals surface area (Å²) in [5.41, 5.74) is 1.88. The zero-order chi connectivity index (χ0) is 19.5. The first kappa shape index (κ1) is 18.5. The normalized spacial score (nSPS) is 13.8. The molecule has 0 saturated heterocycles. The van der Waals surface area contributed by atoms with Gasteiger partial charge in [0, 0.05) is 18.1 Å². The second-order valence-corrected chi connectivity index (χ2v) is 7.29. The van der Waals surface area contributed by atoms with Gasteiger partial charge in [-0.2, -0.15) is 0 Å². The lowest BCUT2D eigenvalue weighted by Crippen LogP contribution is -2.44. The van der Waals surface area contributed by atoms with Gasteiger partial charge >= 0.3 is 5.69 Å². The number of rotatable bonds is 5. The molecule has 7 heteroatoms. The first-order chi connectivity index (χ1) is 13.6. The van der Waals surface area contributed by atoms with Gasteiger partial charge in [-0.15, -0.1) is 0 Å². The zero-order valence-corrected chi connectivity index (χ0v) is 16.1. The molecule has 0 atom stereocenters. The van der Waals surface area contributed by atoms with Crippen molar-refractivity contribution in [1.82, 2.24) is 14.5 Å². The van der Waals surface area contributed by atoms with E-state index in [9.17, 15) is 9.59 Å². The summed E-state index contributed by atoms with van der Waals surface area (Å²) in [6.07, 6.45) is 0.898. The Labute approximate surface area is 167 Å². The summed E-state index contributed by atoms with van der Waals surface area (Å²) in [4.78, 5) is 29.4. The van der Waals surface area contributed by atoms with Crippen LogP contribution in [-0.4, -0.2) is 27.7 Å². The van der Waals surface area contributed by atoms with Gasteiger partial charge in [0.1, 0.15) is 5.82 Å². The van der Waals surface area contributed by atoms with Gasteiger partial charge in [0.15, 0.2) is 0 Å². The van der Waals surface area contributed by atoms with Crippen LogP contribution in [0.4, 0.5) is 5.82 Å². The van der Waals surface area contributed by atoms with Crippen molar-refractivity contribution in [3.05, 3.63) is 97.1 Å². The lowest BCUT2D eigenvalue weighted by atomic mass is 10.1. The molecule has 0 aliphatic carbocycles. The van der Waals surface area contributed by atoms with Gasteiger partial charge in [0.2, 0.25) is 0 Å². The van der Waals surface area contributed by atoms with E-state index in [4.69, 9.17) is 11.6 Å². The van der Waals surface area contributed by atoms with Crippen LogP contribution in [0.5, 0.6) is 0 Å². The molecule has 1 aromatic heterocycles. The first-order valence-corrected chi connectivity index (χ1v) is 9.59. The molecule has 1 aliphatic heterocycles. The molecule has 0 spiro atoms. The average molecular weight is 397 g/mol. The van der Waals surface area contributed by atoms with Crippen LogP contribution in [0.2, 0.25) is 5.02 Å². The Kier molecular flexibility index (Phi) is 5.32. The van der Waals surface area contributed by atoms with E-state index in [0.29, 0.717) is 36.2 Å². The van der Waals surface area contributed by atoms with Gasteiger partial charge in [-0.25, -0.2) is 4.79 Å². The number of hydrogen-bond acceptors (Lipinski definition) is 4. The Morgan fingerprint density at radius 2 is 1.75 bits per heavy atom. The van der Waals surface area contributed by atoms with Crippen molar-refractivity contribution in [2.24, 2.45) is 0 Å². The summed E-state index contributed by atoms with van der Waals surface area (Å²) in [7, 11) is 0. The van der Waals surface area contributed by atoms with Crippen molar-refractivity contribution in [3.8, 4) is 0 Å². The molecule has 3 aromatic rings. The van der Waals surface area contributed by atoms with Crippen LogP contribution >= 0.6 is 11.6 Å². The van der Waals surface area contributed by atoms with E-state index < -0.39 is 5.69 Å². The Bertz CT molecular complexity index is 1090. The minimum Gasteiger partial charge on any atom is -0.358 e. The molecule has 144 valence electrons. The first-order valence-electron chi connectivity index (χ1n) is 9.21. The minimum atomic E-state index is -0.436. The third-order valence-corrected chi connectivity index (χ3v) is 5.36. The number of aromatic amines is 1. The van der Waals surface area contributed by atoms with E-state index in [1.807, 2.05) is 36.4 Å². The lowest BCUT2D eigenvalue weighted by Gasteiger charge is -2.30. The largest absolute Gasteiger partial charge is 0.358 e. The molecule has 0 saturated carbocycles. The Morgan fingerprint density at radius 3 is 2.54 bits per heavy atom. The van der Waals surface area contributed by atoms with Crippen LogP contribution in [0.1, 0.15) is 16.7 Å². The molecule has 4 rings (SSSR count). The molecule has 2 N–H and O–H groups in total. The molecule has 0 amide bonds. The van der Waals surface area contributed by atoms with E-state index >= 15 is 0 Å². The van der Waals surface area contributed by atoms with Crippen LogP contribution in [0.25, 0.3) is 0 Å². The number of nitrogens with zero attached hydrogens (tertiary/aromatic N) is 2. The smallest absolute Gasteiger partial charge is 0.330 e. The average Bonchev–Trinajstić information content (AvgIpc) is 2.71. The highest BCUT2D eigenvalue weighted by Crippen LogP contribution is 2.21. The fourth-order valence-electron chi connectivity index (χ4n) is 3.46.